The van der Waals surface area contributed by atoms with Gasteiger partial charge in [-0.05, 0) is 54.3 Å². The molecule has 0 bridgehead atoms. The van der Waals surface area contributed by atoms with Crippen LogP contribution in [-0.4, -0.2) is 57.2 Å². The number of hydrogen-bond donors (Lipinski definition) is 3. The van der Waals surface area contributed by atoms with E-state index in [9.17, 15) is 9.90 Å². The van der Waals surface area contributed by atoms with Crippen LogP contribution in [0.5, 0.6) is 0 Å². The van der Waals surface area contributed by atoms with E-state index in [2.05, 4.69) is 39.6 Å². The fourth-order valence-electron chi connectivity index (χ4n) is 3.91. The summed E-state index contributed by atoms with van der Waals surface area (Å²) in [5.74, 6) is 0.740. The molecule has 30 heavy (non-hydrogen) atoms. The zero-order chi connectivity index (χ0) is 21.7. The van der Waals surface area contributed by atoms with Crippen LogP contribution < -0.4 is 10.5 Å². The first kappa shape index (κ1) is 22.1. The Morgan fingerprint density at radius 1 is 1.30 bits per heavy atom. The lowest BCUT2D eigenvalue weighted by atomic mass is 10.0. The molecule has 9 heteroatoms. The van der Waals surface area contributed by atoms with E-state index >= 15 is 0 Å². The van der Waals surface area contributed by atoms with Crippen LogP contribution in [0.1, 0.15) is 41.9 Å². The molecule has 3 rings (SSSR count). The monoisotopic (exact) mass is 415 g/mol. The third-order valence-electron chi connectivity index (χ3n) is 5.51. The van der Waals surface area contributed by atoms with Crippen molar-refractivity contribution in [1.29, 1.82) is 0 Å². The molecule has 0 radical (unpaired) electrons. The third-order valence-corrected chi connectivity index (χ3v) is 5.51. The first-order chi connectivity index (χ1) is 14.4. The van der Waals surface area contributed by atoms with Crippen molar-refractivity contribution in [2.75, 3.05) is 26.9 Å². The van der Waals surface area contributed by atoms with Crippen LogP contribution in [-0.2, 0) is 17.8 Å². The zero-order valence-corrected chi connectivity index (χ0v) is 18.1. The van der Waals surface area contributed by atoms with Gasteiger partial charge in [-0.2, -0.15) is 0 Å². The van der Waals surface area contributed by atoms with Crippen LogP contribution in [0.25, 0.3) is 10.9 Å². The number of aliphatic hydroxyl groups excluding tert-OH is 1. The average Bonchev–Trinajstić information content (AvgIpc) is 3.18. The van der Waals surface area contributed by atoms with Crippen LogP contribution in [0.2, 0.25) is 0 Å². The number of quaternary nitrogens is 1. The van der Waals surface area contributed by atoms with Gasteiger partial charge in [0.25, 0.3) is 5.56 Å². The normalized spacial score (nSPS) is 13.6. The molecule has 0 fully saturated rings. The molecule has 0 spiro atoms. The zero-order valence-electron chi connectivity index (χ0n) is 18.1. The van der Waals surface area contributed by atoms with Crippen molar-refractivity contribution in [3.63, 3.8) is 0 Å². The maximum absolute atomic E-state index is 12.8. The van der Waals surface area contributed by atoms with E-state index in [1.54, 1.807) is 11.8 Å². The van der Waals surface area contributed by atoms with Crippen molar-refractivity contribution < 1.29 is 14.7 Å². The Balaban J connectivity index is 1.92. The predicted octanol–water partition coefficient (Wildman–Crippen LogP) is 0.306. The highest BCUT2D eigenvalue weighted by Crippen LogP contribution is 2.18. The Hall–Kier alpha value is -2.62. The molecule has 162 valence electrons. The van der Waals surface area contributed by atoms with Crippen molar-refractivity contribution in [1.82, 2.24) is 25.2 Å². The topological polar surface area (TPSA) is 110 Å². The van der Waals surface area contributed by atoms with E-state index in [0.29, 0.717) is 38.2 Å². The highest BCUT2D eigenvalue weighted by atomic mass is 16.5. The lowest BCUT2D eigenvalue weighted by Gasteiger charge is -2.25. The first-order valence-corrected chi connectivity index (χ1v) is 10.3. The molecule has 0 saturated heterocycles. The summed E-state index contributed by atoms with van der Waals surface area (Å²) in [6.45, 7) is 8.48. The molecular formula is C21H31N6O3+. The minimum Gasteiger partial charge on any atom is -0.396 e. The summed E-state index contributed by atoms with van der Waals surface area (Å²) in [7, 11) is 1.64. The first-order valence-electron chi connectivity index (χ1n) is 10.3. The molecule has 2 heterocycles. The Bertz CT molecular complexity index is 1040. The molecular weight excluding hydrogens is 384 g/mol. The molecule has 2 aromatic heterocycles. The Morgan fingerprint density at radius 2 is 2.10 bits per heavy atom. The minimum atomic E-state index is -0.0814. The van der Waals surface area contributed by atoms with Gasteiger partial charge in [0.15, 0.2) is 0 Å². The number of ether oxygens (including phenoxy) is 1. The summed E-state index contributed by atoms with van der Waals surface area (Å²) in [6.07, 6.45) is 0.628. The van der Waals surface area contributed by atoms with Crippen molar-refractivity contribution in [2.45, 2.75) is 46.3 Å². The van der Waals surface area contributed by atoms with Crippen LogP contribution in [0.4, 0.5) is 0 Å². The molecule has 3 aromatic rings. The fourth-order valence-corrected chi connectivity index (χ4v) is 3.91. The van der Waals surface area contributed by atoms with E-state index in [-0.39, 0.29) is 18.2 Å². The minimum absolute atomic E-state index is 0.0576. The summed E-state index contributed by atoms with van der Waals surface area (Å²) in [5, 5.41) is 22.5. The molecule has 0 aliphatic rings. The van der Waals surface area contributed by atoms with Gasteiger partial charge < -0.3 is 19.7 Å². The van der Waals surface area contributed by atoms with Crippen molar-refractivity contribution >= 4 is 10.9 Å². The van der Waals surface area contributed by atoms with Gasteiger partial charge in [-0.15, -0.1) is 5.10 Å². The second-order valence-corrected chi connectivity index (χ2v) is 7.81. The van der Waals surface area contributed by atoms with Gasteiger partial charge in [0.05, 0.1) is 30.8 Å². The number of aromatic nitrogens is 5. The van der Waals surface area contributed by atoms with E-state index in [4.69, 9.17) is 4.74 Å². The molecule has 2 atom stereocenters. The SMILES string of the molecule is COCCn1nnnc1[C@@H](C)[NH+](CCCO)Cc1cc2cc(C)cc(C)c2[nH]c1=O. The molecule has 0 amide bonds. The quantitative estimate of drug-likeness (QED) is 0.440. The van der Waals surface area contributed by atoms with Gasteiger partial charge in [-0.1, -0.05) is 11.6 Å². The number of methoxy groups -OCH3 is 1. The van der Waals surface area contributed by atoms with Crippen molar-refractivity contribution in [2.24, 2.45) is 0 Å². The van der Waals surface area contributed by atoms with E-state index in [1.807, 2.05) is 19.9 Å². The third kappa shape index (κ3) is 4.92. The molecule has 9 nitrogen and oxygen atoms in total. The van der Waals surface area contributed by atoms with Crippen LogP contribution >= 0.6 is 0 Å². The summed E-state index contributed by atoms with van der Waals surface area (Å²) >= 11 is 0. The number of pyridine rings is 1. The highest BCUT2D eigenvalue weighted by Gasteiger charge is 2.26. The van der Waals surface area contributed by atoms with Gasteiger partial charge in [0.2, 0.25) is 5.82 Å². The number of nitrogens with one attached hydrogen (secondary N) is 2. The number of fused-ring (bicyclic) bond motifs is 1. The molecule has 0 aliphatic carbocycles. The maximum atomic E-state index is 12.8. The second kappa shape index (κ2) is 9.92. The van der Waals surface area contributed by atoms with Crippen molar-refractivity contribution in [3.8, 4) is 0 Å². The standard InChI is InChI=1S/C21H30N6O3/c1-14-10-15(2)19-17(11-14)12-18(21(29)22-19)13-26(6-5-8-28)16(3)20-23-24-25-27(20)7-9-30-4/h10-12,16,28H,5-9,13H2,1-4H3,(H,22,29)/p+1/t16-/m1/s1. The van der Waals surface area contributed by atoms with E-state index in [0.717, 1.165) is 32.8 Å². The molecule has 3 N–H and O–H groups in total. The van der Waals surface area contributed by atoms with Crippen molar-refractivity contribution in [3.05, 3.63) is 51.1 Å². The summed E-state index contributed by atoms with van der Waals surface area (Å²) in [5.41, 5.74) is 3.73. The molecule has 0 aliphatic heterocycles. The molecule has 1 unspecified atom stereocenters. The Kier molecular flexibility index (Phi) is 7.30. The number of H-pyrrole nitrogens is 1. The Labute approximate surface area is 175 Å². The highest BCUT2D eigenvalue weighted by molar-refractivity contribution is 5.82. The second-order valence-electron chi connectivity index (χ2n) is 7.81. The lowest BCUT2D eigenvalue weighted by Crippen LogP contribution is -3.11. The lowest BCUT2D eigenvalue weighted by molar-refractivity contribution is -0.944. The smallest absolute Gasteiger partial charge is 0.257 e. The Morgan fingerprint density at radius 3 is 2.83 bits per heavy atom. The van der Waals surface area contributed by atoms with Crippen LogP contribution in [0.15, 0.2) is 23.0 Å². The van der Waals surface area contributed by atoms with E-state index in [1.165, 1.54) is 0 Å². The fraction of sp³-hybridized carbons (Fsp3) is 0.524. The largest absolute Gasteiger partial charge is 0.396 e. The number of rotatable bonds is 10. The molecule has 1 aromatic carbocycles. The average molecular weight is 416 g/mol. The number of hydrogen-bond acceptors (Lipinski definition) is 6. The number of nitrogens with zero attached hydrogens (tertiary/aromatic N) is 4. The maximum Gasteiger partial charge on any atom is 0.257 e. The van der Waals surface area contributed by atoms with E-state index < -0.39 is 0 Å². The number of tetrazole rings is 1. The van der Waals surface area contributed by atoms with Gasteiger partial charge in [-0.25, -0.2) is 4.68 Å². The van der Waals surface area contributed by atoms with Gasteiger partial charge in [-0.3, -0.25) is 4.79 Å². The number of benzene rings is 1. The predicted molar refractivity (Wildman–Crippen MR) is 113 cm³/mol. The number of aromatic amines is 1. The number of aryl methyl sites for hydroxylation is 2. The van der Waals surface area contributed by atoms with Gasteiger partial charge in [0.1, 0.15) is 12.6 Å². The van der Waals surface area contributed by atoms with Gasteiger partial charge >= 0.3 is 0 Å². The van der Waals surface area contributed by atoms with Gasteiger partial charge in [0, 0.05) is 20.1 Å². The summed E-state index contributed by atoms with van der Waals surface area (Å²) in [4.78, 5) is 17.0. The molecule has 0 saturated carbocycles. The summed E-state index contributed by atoms with van der Waals surface area (Å²) < 4.78 is 6.89. The van der Waals surface area contributed by atoms with Crippen LogP contribution in [0, 0.1) is 13.8 Å². The number of aliphatic hydroxyl groups is 1. The van der Waals surface area contributed by atoms with Crippen LogP contribution in [0.3, 0.4) is 0 Å². The summed E-state index contributed by atoms with van der Waals surface area (Å²) in [6, 6.07) is 6.08.